The van der Waals surface area contributed by atoms with Crippen LogP contribution < -0.4 is 5.32 Å². The Morgan fingerprint density at radius 3 is 2.67 bits per heavy atom. The number of hydrogen-bond acceptors (Lipinski definition) is 2. The lowest BCUT2D eigenvalue weighted by Gasteiger charge is -2.09. The maximum absolute atomic E-state index is 11.6. The van der Waals surface area contributed by atoms with Gasteiger partial charge in [-0.25, -0.2) is 0 Å². The predicted molar refractivity (Wildman–Crippen MR) is 84.5 cm³/mol. The molecule has 21 heavy (non-hydrogen) atoms. The zero-order chi connectivity index (χ0) is 15.8. The standard InChI is InChI=1S/C15H17Cl2NO3/c1-10(2-7-15(20)21)9-18-14(19)6-4-11-3-5-12(16)13(17)8-11/h3-6,8,10H,2,7,9H2,1H3,(H,18,19)(H,20,21)/b6-4+. The second-order valence-electron chi connectivity index (χ2n) is 4.79. The van der Waals surface area contributed by atoms with E-state index in [4.69, 9.17) is 28.3 Å². The molecule has 0 saturated carbocycles. The highest BCUT2D eigenvalue weighted by atomic mass is 35.5. The first kappa shape index (κ1) is 17.5. The van der Waals surface area contributed by atoms with Crippen LogP contribution in [0.4, 0.5) is 0 Å². The highest BCUT2D eigenvalue weighted by Gasteiger charge is 2.06. The molecule has 114 valence electrons. The van der Waals surface area contributed by atoms with E-state index in [0.717, 1.165) is 5.56 Å². The van der Waals surface area contributed by atoms with Gasteiger partial charge in [0.2, 0.25) is 5.91 Å². The molecule has 4 nitrogen and oxygen atoms in total. The Morgan fingerprint density at radius 2 is 2.05 bits per heavy atom. The highest BCUT2D eigenvalue weighted by Crippen LogP contribution is 2.23. The number of nitrogens with one attached hydrogen (secondary N) is 1. The lowest BCUT2D eigenvalue weighted by Crippen LogP contribution is -2.26. The smallest absolute Gasteiger partial charge is 0.303 e. The number of rotatable bonds is 7. The van der Waals surface area contributed by atoms with Gasteiger partial charge in [-0.05, 0) is 36.1 Å². The average Bonchev–Trinajstić information content (AvgIpc) is 2.44. The van der Waals surface area contributed by atoms with Crippen LogP contribution in [-0.2, 0) is 9.59 Å². The molecule has 0 fully saturated rings. The predicted octanol–water partition coefficient (Wildman–Crippen LogP) is 3.62. The molecule has 1 aromatic rings. The molecule has 0 aliphatic heterocycles. The summed E-state index contributed by atoms with van der Waals surface area (Å²) in [5.41, 5.74) is 0.776. The zero-order valence-corrected chi connectivity index (χ0v) is 13.1. The fourth-order valence-corrected chi connectivity index (χ4v) is 1.90. The fourth-order valence-electron chi connectivity index (χ4n) is 1.59. The van der Waals surface area contributed by atoms with Crippen LogP contribution in [0.15, 0.2) is 24.3 Å². The van der Waals surface area contributed by atoms with Crippen molar-refractivity contribution in [3.05, 3.63) is 39.9 Å². The van der Waals surface area contributed by atoms with Gasteiger partial charge in [0.15, 0.2) is 0 Å². The molecule has 0 aromatic heterocycles. The second kappa shape index (κ2) is 8.70. The Bertz CT molecular complexity index is 544. The minimum absolute atomic E-state index is 0.107. The van der Waals surface area contributed by atoms with Gasteiger partial charge >= 0.3 is 5.97 Å². The molecule has 0 aliphatic rings. The van der Waals surface area contributed by atoms with Crippen molar-refractivity contribution in [3.8, 4) is 0 Å². The van der Waals surface area contributed by atoms with E-state index in [1.807, 2.05) is 6.92 Å². The van der Waals surface area contributed by atoms with E-state index in [1.54, 1.807) is 24.3 Å². The van der Waals surface area contributed by atoms with Crippen LogP contribution in [0.1, 0.15) is 25.3 Å². The molecule has 2 N–H and O–H groups in total. The number of benzene rings is 1. The van der Waals surface area contributed by atoms with Gasteiger partial charge in [-0.3, -0.25) is 9.59 Å². The first-order chi connectivity index (χ1) is 9.88. The minimum atomic E-state index is -0.826. The van der Waals surface area contributed by atoms with Crippen molar-refractivity contribution < 1.29 is 14.7 Å². The van der Waals surface area contributed by atoms with Crippen LogP contribution in [0.25, 0.3) is 6.08 Å². The number of halogens is 2. The fraction of sp³-hybridized carbons (Fsp3) is 0.333. The van der Waals surface area contributed by atoms with Gasteiger partial charge in [0.05, 0.1) is 10.0 Å². The topological polar surface area (TPSA) is 66.4 Å². The minimum Gasteiger partial charge on any atom is -0.481 e. The summed E-state index contributed by atoms with van der Waals surface area (Å²) in [5.74, 6) is -0.945. The van der Waals surface area contributed by atoms with Gasteiger partial charge in [0.1, 0.15) is 0 Å². The molecule has 6 heteroatoms. The molecule has 0 saturated heterocycles. The largest absolute Gasteiger partial charge is 0.481 e. The van der Waals surface area contributed by atoms with E-state index in [0.29, 0.717) is 23.0 Å². The van der Waals surface area contributed by atoms with Crippen LogP contribution in [-0.4, -0.2) is 23.5 Å². The van der Waals surface area contributed by atoms with Gasteiger partial charge in [-0.1, -0.05) is 36.2 Å². The number of aliphatic carboxylic acids is 1. The molecule has 1 amide bonds. The van der Waals surface area contributed by atoms with Crippen LogP contribution in [0, 0.1) is 5.92 Å². The van der Waals surface area contributed by atoms with Gasteiger partial charge < -0.3 is 10.4 Å². The monoisotopic (exact) mass is 329 g/mol. The molecule has 0 bridgehead atoms. The SMILES string of the molecule is CC(CCC(=O)O)CNC(=O)/C=C/c1ccc(Cl)c(Cl)c1. The van der Waals surface area contributed by atoms with Crippen molar-refractivity contribution in [2.45, 2.75) is 19.8 Å². The molecular weight excluding hydrogens is 313 g/mol. The molecule has 0 radical (unpaired) electrons. The van der Waals surface area contributed by atoms with Gasteiger partial charge in [0.25, 0.3) is 0 Å². The summed E-state index contributed by atoms with van der Waals surface area (Å²) >= 11 is 11.7. The van der Waals surface area contributed by atoms with Crippen molar-refractivity contribution in [1.82, 2.24) is 5.32 Å². The number of hydrogen-bond donors (Lipinski definition) is 2. The quantitative estimate of drug-likeness (QED) is 0.751. The Kier molecular flexibility index (Phi) is 7.26. The molecule has 0 aliphatic carbocycles. The zero-order valence-electron chi connectivity index (χ0n) is 11.6. The summed E-state index contributed by atoms with van der Waals surface area (Å²) in [7, 11) is 0. The van der Waals surface area contributed by atoms with Crippen molar-refractivity contribution in [1.29, 1.82) is 0 Å². The van der Waals surface area contributed by atoms with E-state index in [2.05, 4.69) is 5.32 Å². The maximum atomic E-state index is 11.6. The lowest BCUT2D eigenvalue weighted by atomic mass is 10.1. The summed E-state index contributed by atoms with van der Waals surface area (Å²) in [5, 5.41) is 12.2. The number of amides is 1. The summed E-state index contributed by atoms with van der Waals surface area (Å²) < 4.78 is 0. The second-order valence-corrected chi connectivity index (χ2v) is 5.60. The Labute approximate surface area is 133 Å². The molecule has 0 heterocycles. The van der Waals surface area contributed by atoms with Gasteiger partial charge in [0, 0.05) is 19.0 Å². The third kappa shape index (κ3) is 7.16. The summed E-state index contributed by atoms with van der Waals surface area (Å²) in [6, 6.07) is 5.09. The van der Waals surface area contributed by atoms with E-state index < -0.39 is 5.97 Å². The average molecular weight is 330 g/mol. The lowest BCUT2D eigenvalue weighted by molar-refractivity contribution is -0.137. The normalized spacial score (nSPS) is 12.3. The van der Waals surface area contributed by atoms with Crippen LogP contribution in [0.2, 0.25) is 10.0 Å². The summed E-state index contributed by atoms with van der Waals surface area (Å²) in [6.07, 6.45) is 3.69. The number of carbonyl (C=O) groups excluding carboxylic acids is 1. The molecule has 1 unspecified atom stereocenters. The van der Waals surface area contributed by atoms with Crippen LogP contribution >= 0.6 is 23.2 Å². The van der Waals surface area contributed by atoms with Crippen molar-refractivity contribution in [3.63, 3.8) is 0 Å². The van der Waals surface area contributed by atoms with E-state index in [-0.39, 0.29) is 18.2 Å². The van der Waals surface area contributed by atoms with E-state index >= 15 is 0 Å². The van der Waals surface area contributed by atoms with Gasteiger partial charge in [-0.15, -0.1) is 0 Å². The number of carboxylic acids is 1. The molecule has 1 atom stereocenters. The van der Waals surface area contributed by atoms with Crippen molar-refractivity contribution in [2.24, 2.45) is 5.92 Å². The Balaban J connectivity index is 2.40. The number of carboxylic acid groups (broad SMARTS) is 1. The molecular formula is C15H17Cl2NO3. The molecule has 0 spiro atoms. The Morgan fingerprint density at radius 1 is 1.33 bits per heavy atom. The first-order valence-electron chi connectivity index (χ1n) is 6.51. The first-order valence-corrected chi connectivity index (χ1v) is 7.27. The maximum Gasteiger partial charge on any atom is 0.303 e. The summed E-state index contributed by atoms with van der Waals surface area (Å²) in [4.78, 5) is 22.1. The third-order valence-corrected chi connectivity index (χ3v) is 3.59. The molecule has 1 rings (SSSR count). The van der Waals surface area contributed by atoms with Gasteiger partial charge in [-0.2, -0.15) is 0 Å². The molecule has 1 aromatic carbocycles. The van der Waals surface area contributed by atoms with Crippen molar-refractivity contribution >= 4 is 41.2 Å². The van der Waals surface area contributed by atoms with Crippen LogP contribution in [0.5, 0.6) is 0 Å². The summed E-state index contributed by atoms with van der Waals surface area (Å²) in [6.45, 7) is 2.34. The van der Waals surface area contributed by atoms with E-state index in [1.165, 1.54) is 6.08 Å². The van der Waals surface area contributed by atoms with Crippen LogP contribution in [0.3, 0.4) is 0 Å². The highest BCUT2D eigenvalue weighted by molar-refractivity contribution is 6.42. The van der Waals surface area contributed by atoms with E-state index in [9.17, 15) is 9.59 Å². The third-order valence-electron chi connectivity index (χ3n) is 2.85. The number of carbonyl (C=O) groups is 2. The Hall–Kier alpha value is -1.52. The van der Waals surface area contributed by atoms with Crippen molar-refractivity contribution in [2.75, 3.05) is 6.54 Å².